The van der Waals surface area contributed by atoms with E-state index >= 15 is 0 Å². The molecule has 1 heterocycles. The van der Waals surface area contributed by atoms with Crippen LogP contribution in [0.3, 0.4) is 0 Å². The number of halogens is 2. The van der Waals surface area contributed by atoms with E-state index in [1.165, 1.54) is 0 Å². The molecule has 1 aromatic carbocycles. The Balaban J connectivity index is 2.58. The highest BCUT2D eigenvalue weighted by atomic mass is 35.5. The molecule has 1 aliphatic rings. The van der Waals surface area contributed by atoms with Crippen LogP contribution in [0.4, 0.5) is 0 Å². The molecule has 14 heavy (non-hydrogen) atoms. The summed E-state index contributed by atoms with van der Waals surface area (Å²) in [5, 5.41) is 0.846. The Bertz CT molecular complexity index is 401. The number of ether oxygens (including phenoxy) is 1. The van der Waals surface area contributed by atoms with Crippen molar-refractivity contribution in [2.45, 2.75) is 19.4 Å². The van der Waals surface area contributed by atoms with Gasteiger partial charge >= 0.3 is 0 Å². The van der Waals surface area contributed by atoms with Crippen LogP contribution in [0, 0.1) is 0 Å². The first-order valence-electron chi connectivity index (χ1n) is 4.34. The fourth-order valence-electron chi connectivity index (χ4n) is 1.50. The van der Waals surface area contributed by atoms with Gasteiger partial charge in [-0.2, -0.15) is 0 Å². The van der Waals surface area contributed by atoms with Gasteiger partial charge in [-0.15, -0.1) is 0 Å². The van der Waals surface area contributed by atoms with Crippen molar-refractivity contribution in [2.75, 3.05) is 0 Å². The zero-order valence-corrected chi connectivity index (χ0v) is 9.02. The van der Waals surface area contributed by atoms with E-state index in [-0.39, 0.29) is 5.78 Å². The van der Waals surface area contributed by atoms with Crippen molar-refractivity contribution in [3.05, 3.63) is 27.7 Å². The Morgan fingerprint density at radius 2 is 2.00 bits per heavy atom. The largest absolute Gasteiger partial charge is 0.480 e. The van der Waals surface area contributed by atoms with E-state index in [0.29, 0.717) is 27.8 Å². The van der Waals surface area contributed by atoms with Gasteiger partial charge in [-0.1, -0.05) is 30.1 Å². The summed E-state index contributed by atoms with van der Waals surface area (Å²) in [7, 11) is 0. The van der Waals surface area contributed by atoms with Gasteiger partial charge in [0.2, 0.25) is 5.78 Å². The fraction of sp³-hybridized carbons (Fsp3) is 0.300. The van der Waals surface area contributed by atoms with Gasteiger partial charge in [-0.05, 0) is 18.6 Å². The van der Waals surface area contributed by atoms with Crippen LogP contribution in [-0.2, 0) is 0 Å². The summed E-state index contributed by atoms with van der Waals surface area (Å²) in [6.45, 7) is 1.89. The van der Waals surface area contributed by atoms with E-state index in [2.05, 4.69) is 0 Å². The first-order valence-corrected chi connectivity index (χ1v) is 5.09. The van der Waals surface area contributed by atoms with Crippen LogP contribution in [0.15, 0.2) is 12.1 Å². The number of benzene rings is 1. The summed E-state index contributed by atoms with van der Waals surface area (Å²) >= 11 is 11.8. The number of ketones is 1. The molecule has 2 nitrogen and oxygen atoms in total. The molecule has 0 aromatic heterocycles. The SMILES string of the molecule is CCC1Oc2c(Cl)ccc(Cl)c2C1=O. The molecule has 0 fully saturated rings. The van der Waals surface area contributed by atoms with Crippen LogP contribution in [0.1, 0.15) is 23.7 Å². The molecule has 0 radical (unpaired) electrons. The van der Waals surface area contributed by atoms with Gasteiger partial charge in [0.05, 0.1) is 15.6 Å². The molecule has 0 saturated heterocycles. The summed E-state index contributed by atoms with van der Waals surface area (Å²) in [6, 6.07) is 3.25. The second kappa shape index (κ2) is 3.44. The molecule has 0 N–H and O–H groups in total. The van der Waals surface area contributed by atoms with Gasteiger partial charge < -0.3 is 4.74 Å². The smallest absolute Gasteiger partial charge is 0.208 e. The van der Waals surface area contributed by atoms with Crippen molar-refractivity contribution in [3.8, 4) is 5.75 Å². The second-order valence-electron chi connectivity index (χ2n) is 3.11. The Morgan fingerprint density at radius 1 is 1.36 bits per heavy atom. The lowest BCUT2D eigenvalue weighted by atomic mass is 10.1. The maximum absolute atomic E-state index is 11.7. The summed E-state index contributed by atoms with van der Waals surface area (Å²) in [6.07, 6.45) is 0.197. The van der Waals surface area contributed by atoms with Gasteiger partial charge in [0, 0.05) is 0 Å². The molecule has 0 saturated carbocycles. The van der Waals surface area contributed by atoms with Crippen molar-refractivity contribution < 1.29 is 9.53 Å². The van der Waals surface area contributed by atoms with Gasteiger partial charge in [-0.3, -0.25) is 4.79 Å². The second-order valence-corrected chi connectivity index (χ2v) is 3.93. The maximum atomic E-state index is 11.7. The monoisotopic (exact) mass is 230 g/mol. The van der Waals surface area contributed by atoms with Crippen LogP contribution in [-0.4, -0.2) is 11.9 Å². The van der Waals surface area contributed by atoms with E-state index in [4.69, 9.17) is 27.9 Å². The molecule has 1 atom stereocenters. The summed E-state index contributed by atoms with van der Waals surface area (Å²) in [5.41, 5.74) is 0.422. The highest BCUT2D eigenvalue weighted by Crippen LogP contribution is 2.40. The van der Waals surface area contributed by atoms with E-state index in [1.807, 2.05) is 6.92 Å². The lowest BCUT2D eigenvalue weighted by Gasteiger charge is -2.05. The summed E-state index contributed by atoms with van der Waals surface area (Å²) in [5.74, 6) is 0.353. The normalized spacial score (nSPS) is 19.4. The van der Waals surface area contributed by atoms with Crippen LogP contribution in [0.25, 0.3) is 0 Å². The number of hydrogen-bond acceptors (Lipinski definition) is 2. The summed E-state index contributed by atoms with van der Waals surface area (Å²) in [4.78, 5) is 11.7. The number of rotatable bonds is 1. The van der Waals surface area contributed by atoms with Gasteiger partial charge in [0.15, 0.2) is 11.9 Å². The fourth-order valence-corrected chi connectivity index (χ4v) is 1.95. The minimum absolute atomic E-state index is 0.0741. The number of hydrogen-bond donors (Lipinski definition) is 0. The average Bonchev–Trinajstić information content (AvgIpc) is 2.51. The third-order valence-corrected chi connectivity index (χ3v) is 2.84. The highest BCUT2D eigenvalue weighted by molar-refractivity contribution is 6.38. The molecule has 1 aromatic rings. The molecular formula is C10H8Cl2O2. The average molecular weight is 231 g/mol. The first kappa shape index (κ1) is 9.81. The van der Waals surface area contributed by atoms with E-state index in [0.717, 1.165) is 0 Å². The molecule has 2 rings (SSSR count). The maximum Gasteiger partial charge on any atom is 0.208 e. The van der Waals surface area contributed by atoms with Crippen LogP contribution in [0.2, 0.25) is 10.0 Å². The van der Waals surface area contributed by atoms with Crippen molar-refractivity contribution in [1.29, 1.82) is 0 Å². The molecule has 1 unspecified atom stereocenters. The van der Waals surface area contributed by atoms with Crippen molar-refractivity contribution in [3.63, 3.8) is 0 Å². The number of carbonyl (C=O) groups excluding carboxylic acids is 1. The Kier molecular flexibility index (Phi) is 2.41. The van der Waals surface area contributed by atoms with Gasteiger partial charge in [-0.25, -0.2) is 0 Å². The molecular weight excluding hydrogens is 223 g/mol. The van der Waals surface area contributed by atoms with Crippen molar-refractivity contribution in [2.24, 2.45) is 0 Å². The Hall–Kier alpha value is -0.730. The predicted molar refractivity (Wildman–Crippen MR) is 55.5 cm³/mol. The van der Waals surface area contributed by atoms with Crippen molar-refractivity contribution >= 4 is 29.0 Å². The Labute approximate surface area is 91.8 Å². The minimum Gasteiger partial charge on any atom is -0.480 e. The predicted octanol–water partition coefficient (Wildman–Crippen LogP) is 3.35. The zero-order chi connectivity index (χ0) is 10.3. The first-order chi connectivity index (χ1) is 6.65. The van der Waals surface area contributed by atoms with Crippen LogP contribution >= 0.6 is 23.2 Å². The lowest BCUT2D eigenvalue weighted by Crippen LogP contribution is -2.18. The van der Waals surface area contributed by atoms with Crippen molar-refractivity contribution in [1.82, 2.24) is 0 Å². The quantitative estimate of drug-likeness (QED) is 0.740. The van der Waals surface area contributed by atoms with Gasteiger partial charge in [0.1, 0.15) is 0 Å². The Morgan fingerprint density at radius 3 is 2.57 bits per heavy atom. The van der Waals surface area contributed by atoms with E-state index < -0.39 is 6.10 Å². The third-order valence-electron chi connectivity index (χ3n) is 2.23. The highest BCUT2D eigenvalue weighted by Gasteiger charge is 2.34. The summed E-state index contributed by atoms with van der Waals surface area (Å²) < 4.78 is 5.41. The lowest BCUT2D eigenvalue weighted by molar-refractivity contribution is 0.0853. The molecule has 4 heteroatoms. The van der Waals surface area contributed by atoms with Gasteiger partial charge in [0.25, 0.3) is 0 Å². The number of Topliss-reactive ketones (excluding diaryl/α,β-unsaturated/α-hetero) is 1. The minimum atomic E-state index is -0.428. The van der Waals surface area contributed by atoms with Crippen LogP contribution < -0.4 is 4.74 Å². The van der Waals surface area contributed by atoms with Crippen LogP contribution in [0.5, 0.6) is 5.75 Å². The van der Waals surface area contributed by atoms with E-state index in [1.54, 1.807) is 12.1 Å². The molecule has 74 valence electrons. The molecule has 1 aliphatic heterocycles. The topological polar surface area (TPSA) is 26.3 Å². The zero-order valence-electron chi connectivity index (χ0n) is 7.51. The third kappa shape index (κ3) is 1.30. The van der Waals surface area contributed by atoms with E-state index in [9.17, 15) is 4.79 Å². The molecule has 0 spiro atoms. The molecule has 0 bridgehead atoms. The number of fused-ring (bicyclic) bond motifs is 1. The number of carbonyl (C=O) groups is 1. The molecule has 0 amide bonds. The standard InChI is InChI=1S/C10H8Cl2O2/c1-2-7-9(13)8-5(11)3-4-6(12)10(8)14-7/h3-4,7H,2H2,1H3. The molecule has 0 aliphatic carbocycles.